The Balaban J connectivity index is 2.42. The lowest BCUT2D eigenvalue weighted by Crippen LogP contribution is -2.10. The van der Waals surface area contributed by atoms with Crippen LogP contribution < -0.4 is 5.63 Å². The third kappa shape index (κ3) is 1.97. The fourth-order valence-electron chi connectivity index (χ4n) is 2.08. The van der Waals surface area contributed by atoms with Crippen molar-refractivity contribution >= 4 is 11.0 Å². The molecule has 0 bridgehead atoms. The third-order valence-corrected chi connectivity index (χ3v) is 3.12. The van der Waals surface area contributed by atoms with Gasteiger partial charge in [-0.2, -0.15) is 0 Å². The minimum absolute atomic E-state index is 0.125. The van der Waals surface area contributed by atoms with Crippen molar-refractivity contribution in [2.45, 2.75) is 0 Å². The molecule has 0 atom stereocenters. The summed E-state index contributed by atoms with van der Waals surface area (Å²) in [5, 5.41) is 0.279. The van der Waals surface area contributed by atoms with E-state index in [4.69, 9.17) is 4.42 Å². The van der Waals surface area contributed by atoms with E-state index in [1.165, 1.54) is 12.1 Å². The monoisotopic (exact) mass is 312 g/mol. The molecule has 1 aromatic heterocycles. The van der Waals surface area contributed by atoms with E-state index in [0.29, 0.717) is 0 Å². The predicted molar refractivity (Wildman–Crippen MR) is 67.7 cm³/mol. The summed E-state index contributed by atoms with van der Waals surface area (Å²) >= 11 is 0. The first-order chi connectivity index (χ1) is 10.4. The molecule has 0 radical (unpaired) electrons. The molecule has 3 aromatic rings. The first-order valence-electron chi connectivity index (χ1n) is 5.96. The van der Waals surface area contributed by atoms with Gasteiger partial charge in [0.05, 0.1) is 11.1 Å². The molecule has 0 aliphatic rings. The van der Waals surface area contributed by atoms with Crippen molar-refractivity contribution in [3.8, 4) is 11.1 Å². The lowest BCUT2D eigenvalue weighted by atomic mass is 10.0. The fraction of sp³-hybridized carbons (Fsp3) is 0. The van der Waals surface area contributed by atoms with E-state index < -0.39 is 45.8 Å². The van der Waals surface area contributed by atoms with E-state index in [1.54, 1.807) is 12.1 Å². The highest BCUT2D eigenvalue weighted by Crippen LogP contribution is 2.31. The van der Waals surface area contributed by atoms with Crippen LogP contribution in [0.25, 0.3) is 22.1 Å². The second-order valence-electron chi connectivity index (χ2n) is 4.43. The van der Waals surface area contributed by atoms with Gasteiger partial charge < -0.3 is 4.42 Å². The van der Waals surface area contributed by atoms with E-state index in [0.717, 1.165) is 6.07 Å². The van der Waals surface area contributed by atoms with Gasteiger partial charge in [0.2, 0.25) is 5.82 Å². The van der Waals surface area contributed by atoms with Crippen LogP contribution in [-0.4, -0.2) is 0 Å². The zero-order valence-electron chi connectivity index (χ0n) is 10.6. The molecule has 0 saturated carbocycles. The summed E-state index contributed by atoms with van der Waals surface area (Å²) in [4.78, 5) is 11.8. The Bertz CT molecular complexity index is 933. The minimum atomic E-state index is -2.29. The van der Waals surface area contributed by atoms with Gasteiger partial charge in [0.1, 0.15) is 5.58 Å². The SMILES string of the molecule is O=c1oc2ccccc2cc1-c1c(F)c(F)c(F)c(F)c1F. The van der Waals surface area contributed by atoms with Crippen LogP contribution >= 0.6 is 0 Å². The Hall–Kier alpha value is -2.70. The van der Waals surface area contributed by atoms with Crippen molar-refractivity contribution in [3.63, 3.8) is 0 Å². The summed E-state index contributed by atoms with van der Waals surface area (Å²) in [6, 6.07) is 7.03. The lowest BCUT2D eigenvalue weighted by Gasteiger charge is -2.08. The molecule has 2 aromatic carbocycles. The Morgan fingerprint density at radius 2 is 1.32 bits per heavy atom. The molecule has 2 nitrogen and oxygen atoms in total. The van der Waals surface area contributed by atoms with Crippen LogP contribution in [0.5, 0.6) is 0 Å². The van der Waals surface area contributed by atoms with Gasteiger partial charge in [0, 0.05) is 5.39 Å². The number of fused-ring (bicyclic) bond motifs is 1. The molecule has 0 amide bonds. The second kappa shape index (κ2) is 4.94. The fourth-order valence-corrected chi connectivity index (χ4v) is 2.08. The molecule has 0 spiro atoms. The average molecular weight is 312 g/mol. The summed E-state index contributed by atoms with van der Waals surface area (Å²) in [5.41, 5.74) is -3.13. The predicted octanol–water partition coefficient (Wildman–Crippen LogP) is 4.16. The van der Waals surface area contributed by atoms with Crippen molar-refractivity contribution in [1.82, 2.24) is 0 Å². The molecular weight excluding hydrogens is 307 g/mol. The first kappa shape index (κ1) is 14.2. The van der Waals surface area contributed by atoms with Crippen LogP contribution in [0.15, 0.2) is 39.5 Å². The smallest absolute Gasteiger partial charge is 0.344 e. The topological polar surface area (TPSA) is 30.2 Å². The molecule has 7 heteroatoms. The van der Waals surface area contributed by atoms with E-state index in [1.807, 2.05) is 0 Å². The Labute approximate surface area is 119 Å². The molecular formula is C15H5F5O2. The minimum Gasteiger partial charge on any atom is -0.422 e. The van der Waals surface area contributed by atoms with E-state index >= 15 is 0 Å². The third-order valence-electron chi connectivity index (χ3n) is 3.12. The van der Waals surface area contributed by atoms with Gasteiger partial charge in [-0.3, -0.25) is 0 Å². The molecule has 112 valence electrons. The Kier molecular flexibility index (Phi) is 3.20. The maximum Gasteiger partial charge on any atom is 0.344 e. The van der Waals surface area contributed by atoms with Crippen LogP contribution in [0.1, 0.15) is 0 Å². The molecule has 0 N–H and O–H groups in total. The summed E-state index contributed by atoms with van der Waals surface area (Å²) < 4.78 is 71.9. The lowest BCUT2D eigenvalue weighted by molar-refractivity contribution is 0.381. The van der Waals surface area contributed by atoms with Gasteiger partial charge in [-0.05, 0) is 12.1 Å². The maximum absolute atomic E-state index is 13.8. The highest BCUT2D eigenvalue weighted by atomic mass is 19.2. The van der Waals surface area contributed by atoms with Gasteiger partial charge in [-0.15, -0.1) is 0 Å². The summed E-state index contributed by atoms with van der Waals surface area (Å²) in [7, 11) is 0. The van der Waals surface area contributed by atoms with Crippen LogP contribution in [0.3, 0.4) is 0 Å². The molecule has 0 fully saturated rings. The number of rotatable bonds is 1. The van der Waals surface area contributed by atoms with Gasteiger partial charge in [0.25, 0.3) is 0 Å². The highest BCUT2D eigenvalue weighted by molar-refractivity contribution is 5.81. The molecule has 0 aliphatic carbocycles. The van der Waals surface area contributed by atoms with Gasteiger partial charge in [-0.1, -0.05) is 18.2 Å². The van der Waals surface area contributed by atoms with E-state index in [9.17, 15) is 26.7 Å². The number of para-hydroxylation sites is 1. The molecule has 3 rings (SSSR count). The van der Waals surface area contributed by atoms with E-state index in [2.05, 4.69) is 0 Å². The molecule has 0 saturated heterocycles. The Morgan fingerprint density at radius 3 is 1.95 bits per heavy atom. The van der Waals surface area contributed by atoms with Crippen molar-refractivity contribution in [2.75, 3.05) is 0 Å². The normalized spacial score (nSPS) is 11.1. The summed E-state index contributed by atoms with van der Waals surface area (Å²) in [6.45, 7) is 0. The number of hydrogen-bond donors (Lipinski definition) is 0. The molecule has 0 aliphatic heterocycles. The summed E-state index contributed by atoms with van der Waals surface area (Å²) in [6.07, 6.45) is 0. The number of hydrogen-bond acceptors (Lipinski definition) is 2. The van der Waals surface area contributed by atoms with Crippen LogP contribution in [0, 0.1) is 29.1 Å². The average Bonchev–Trinajstić information content (AvgIpc) is 2.51. The number of halogens is 5. The van der Waals surface area contributed by atoms with Crippen LogP contribution in [-0.2, 0) is 0 Å². The van der Waals surface area contributed by atoms with Crippen LogP contribution in [0.2, 0.25) is 0 Å². The van der Waals surface area contributed by atoms with Gasteiger partial charge >= 0.3 is 5.63 Å². The van der Waals surface area contributed by atoms with Gasteiger partial charge in [-0.25, -0.2) is 26.7 Å². The van der Waals surface area contributed by atoms with Crippen molar-refractivity contribution in [3.05, 3.63) is 69.8 Å². The van der Waals surface area contributed by atoms with Crippen molar-refractivity contribution in [1.29, 1.82) is 0 Å². The highest BCUT2D eigenvalue weighted by Gasteiger charge is 2.28. The van der Waals surface area contributed by atoms with Crippen LogP contribution in [0.4, 0.5) is 22.0 Å². The van der Waals surface area contributed by atoms with Gasteiger partial charge in [0.15, 0.2) is 23.3 Å². The molecule has 1 heterocycles. The number of benzene rings is 2. The maximum atomic E-state index is 13.8. The van der Waals surface area contributed by atoms with E-state index in [-0.39, 0.29) is 11.0 Å². The summed E-state index contributed by atoms with van der Waals surface area (Å²) in [5.74, 6) is -10.7. The first-order valence-corrected chi connectivity index (χ1v) is 5.96. The standard InChI is InChI=1S/C15H5F5O2/c16-10-9(11(17)13(19)14(20)12(10)18)7-5-6-3-1-2-4-8(6)22-15(7)21/h1-5H. The zero-order chi connectivity index (χ0) is 16.0. The second-order valence-corrected chi connectivity index (χ2v) is 4.43. The van der Waals surface area contributed by atoms with Crippen molar-refractivity contribution < 1.29 is 26.4 Å². The largest absolute Gasteiger partial charge is 0.422 e. The quantitative estimate of drug-likeness (QED) is 0.292. The van der Waals surface area contributed by atoms with Crippen molar-refractivity contribution in [2.24, 2.45) is 0 Å². The molecule has 0 unspecified atom stereocenters. The Morgan fingerprint density at radius 1 is 0.773 bits per heavy atom. The molecule has 22 heavy (non-hydrogen) atoms. The zero-order valence-corrected chi connectivity index (χ0v) is 10.6.